The van der Waals surface area contributed by atoms with Crippen LogP contribution in [0.25, 0.3) is 10.7 Å². The smallest absolute Gasteiger partial charge is 0.243 e. The number of nitrogens with two attached hydrogens (primary N) is 1. The highest BCUT2D eigenvalue weighted by Gasteiger charge is 2.17. The quantitative estimate of drug-likeness (QED) is 0.936. The maximum atomic E-state index is 5.99. The molecule has 0 saturated heterocycles. The van der Waals surface area contributed by atoms with Crippen molar-refractivity contribution in [2.24, 2.45) is 11.7 Å². The molecule has 0 aliphatic rings. The molecule has 0 aliphatic carbocycles. The number of thiophene rings is 1. The van der Waals surface area contributed by atoms with E-state index in [0.717, 1.165) is 15.8 Å². The first-order chi connectivity index (χ1) is 8.06. The van der Waals surface area contributed by atoms with Gasteiger partial charge in [0.2, 0.25) is 11.7 Å². The number of hydrogen-bond donors (Lipinski definition) is 1. The third kappa shape index (κ3) is 3.14. The molecule has 0 spiro atoms. The molecule has 2 aromatic rings. The maximum Gasteiger partial charge on any atom is 0.243 e. The molecule has 0 radical (unpaired) electrons. The van der Waals surface area contributed by atoms with Crippen LogP contribution in [0.1, 0.15) is 32.2 Å². The Balaban J connectivity index is 2.15. The van der Waals surface area contributed by atoms with E-state index in [4.69, 9.17) is 10.3 Å². The maximum absolute atomic E-state index is 5.99. The molecule has 0 aromatic carbocycles. The Bertz CT molecular complexity index is 494. The van der Waals surface area contributed by atoms with Crippen LogP contribution >= 0.6 is 27.3 Å². The molecule has 1 atom stereocenters. The Labute approximate surface area is 112 Å². The molecule has 0 fully saturated rings. The van der Waals surface area contributed by atoms with Crippen molar-refractivity contribution in [1.82, 2.24) is 10.1 Å². The SMILES string of the molecule is CC(C)C[C@@H](N)c1nc(-c2cc(Br)cs2)no1. The first-order valence-corrected chi connectivity index (χ1v) is 7.07. The van der Waals surface area contributed by atoms with Crippen molar-refractivity contribution in [2.75, 3.05) is 0 Å². The van der Waals surface area contributed by atoms with Crippen LogP contribution in [0.5, 0.6) is 0 Å². The molecule has 0 aliphatic heterocycles. The van der Waals surface area contributed by atoms with Gasteiger partial charge in [-0.25, -0.2) is 0 Å². The van der Waals surface area contributed by atoms with Crippen LogP contribution in [-0.4, -0.2) is 10.1 Å². The lowest BCUT2D eigenvalue weighted by atomic mass is 10.0. The van der Waals surface area contributed by atoms with Crippen LogP contribution in [0, 0.1) is 5.92 Å². The molecule has 6 heteroatoms. The highest BCUT2D eigenvalue weighted by Crippen LogP contribution is 2.28. The second-order valence-corrected chi connectivity index (χ2v) is 6.15. The summed E-state index contributed by atoms with van der Waals surface area (Å²) in [6.07, 6.45) is 0.843. The fourth-order valence-corrected chi connectivity index (χ4v) is 2.88. The van der Waals surface area contributed by atoms with Crippen LogP contribution < -0.4 is 5.73 Å². The van der Waals surface area contributed by atoms with Gasteiger partial charge in [-0.15, -0.1) is 11.3 Å². The number of hydrogen-bond acceptors (Lipinski definition) is 5. The Hall–Kier alpha value is -0.720. The van der Waals surface area contributed by atoms with E-state index in [0.29, 0.717) is 17.6 Å². The van der Waals surface area contributed by atoms with Gasteiger partial charge in [-0.2, -0.15) is 4.98 Å². The lowest BCUT2D eigenvalue weighted by Gasteiger charge is -2.08. The highest BCUT2D eigenvalue weighted by atomic mass is 79.9. The van der Waals surface area contributed by atoms with Gasteiger partial charge < -0.3 is 10.3 Å². The molecule has 2 heterocycles. The molecule has 0 amide bonds. The summed E-state index contributed by atoms with van der Waals surface area (Å²) in [5.41, 5.74) is 5.99. The summed E-state index contributed by atoms with van der Waals surface area (Å²) in [4.78, 5) is 5.31. The van der Waals surface area contributed by atoms with E-state index in [1.54, 1.807) is 11.3 Å². The normalized spacial score (nSPS) is 13.2. The van der Waals surface area contributed by atoms with Crippen LogP contribution in [-0.2, 0) is 0 Å². The van der Waals surface area contributed by atoms with Gasteiger partial charge in [0.15, 0.2) is 0 Å². The number of aromatic nitrogens is 2. The van der Waals surface area contributed by atoms with Gasteiger partial charge in [-0.3, -0.25) is 0 Å². The minimum absolute atomic E-state index is 0.181. The van der Waals surface area contributed by atoms with Gasteiger partial charge in [0, 0.05) is 9.85 Å². The highest BCUT2D eigenvalue weighted by molar-refractivity contribution is 9.10. The molecule has 17 heavy (non-hydrogen) atoms. The second-order valence-electron chi connectivity index (χ2n) is 4.32. The van der Waals surface area contributed by atoms with Crippen molar-refractivity contribution in [2.45, 2.75) is 26.3 Å². The van der Waals surface area contributed by atoms with Gasteiger partial charge in [0.25, 0.3) is 0 Å². The van der Waals surface area contributed by atoms with Crippen molar-refractivity contribution in [1.29, 1.82) is 0 Å². The Morgan fingerprint density at radius 2 is 2.29 bits per heavy atom. The lowest BCUT2D eigenvalue weighted by Crippen LogP contribution is -2.13. The van der Waals surface area contributed by atoms with Crippen LogP contribution in [0.3, 0.4) is 0 Å². The fourth-order valence-electron chi connectivity index (χ4n) is 1.52. The van der Waals surface area contributed by atoms with Crippen LogP contribution in [0.15, 0.2) is 20.4 Å². The summed E-state index contributed by atoms with van der Waals surface area (Å²) >= 11 is 4.97. The van der Waals surface area contributed by atoms with Crippen molar-refractivity contribution < 1.29 is 4.52 Å². The molecule has 92 valence electrons. The van der Waals surface area contributed by atoms with E-state index in [-0.39, 0.29) is 6.04 Å². The van der Waals surface area contributed by atoms with E-state index in [2.05, 4.69) is 39.9 Å². The molecule has 0 saturated carbocycles. The zero-order valence-electron chi connectivity index (χ0n) is 9.68. The van der Waals surface area contributed by atoms with Crippen molar-refractivity contribution in [3.63, 3.8) is 0 Å². The third-order valence-electron chi connectivity index (χ3n) is 2.27. The van der Waals surface area contributed by atoms with E-state index < -0.39 is 0 Å². The molecule has 0 unspecified atom stereocenters. The number of halogens is 1. The fraction of sp³-hybridized carbons (Fsp3) is 0.455. The molecule has 4 nitrogen and oxygen atoms in total. The van der Waals surface area contributed by atoms with Crippen molar-refractivity contribution in [3.05, 3.63) is 21.8 Å². The van der Waals surface area contributed by atoms with Crippen molar-refractivity contribution >= 4 is 27.3 Å². The van der Waals surface area contributed by atoms with E-state index in [1.807, 2.05) is 11.4 Å². The number of nitrogens with zero attached hydrogens (tertiary/aromatic N) is 2. The summed E-state index contributed by atoms with van der Waals surface area (Å²) in [6, 6.07) is 1.78. The minimum Gasteiger partial charge on any atom is -0.337 e. The topological polar surface area (TPSA) is 64.9 Å². The summed E-state index contributed by atoms with van der Waals surface area (Å²) in [6.45, 7) is 4.24. The van der Waals surface area contributed by atoms with Gasteiger partial charge in [-0.1, -0.05) is 19.0 Å². The molecular weight excluding hydrogens is 302 g/mol. The number of rotatable bonds is 4. The predicted molar refractivity (Wildman–Crippen MR) is 71.7 cm³/mol. The first kappa shape index (κ1) is 12.7. The summed E-state index contributed by atoms with van der Waals surface area (Å²) in [5.74, 6) is 1.63. The summed E-state index contributed by atoms with van der Waals surface area (Å²) in [7, 11) is 0. The minimum atomic E-state index is -0.181. The lowest BCUT2D eigenvalue weighted by molar-refractivity contribution is 0.335. The zero-order chi connectivity index (χ0) is 12.4. The predicted octanol–water partition coefficient (Wildman–Crippen LogP) is 3.61. The van der Waals surface area contributed by atoms with E-state index >= 15 is 0 Å². The second kappa shape index (κ2) is 5.29. The molecule has 2 N–H and O–H groups in total. The van der Waals surface area contributed by atoms with Crippen LogP contribution in [0.2, 0.25) is 0 Å². The van der Waals surface area contributed by atoms with Gasteiger partial charge in [-0.05, 0) is 34.3 Å². The Morgan fingerprint density at radius 3 is 2.88 bits per heavy atom. The first-order valence-electron chi connectivity index (χ1n) is 5.40. The van der Waals surface area contributed by atoms with Gasteiger partial charge >= 0.3 is 0 Å². The molecule has 2 aromatic heterocycles. The van der Waals surface area contributed by atoms with E-state index in [1.165, 1.54) is 0 Å². The third-order valence-corrected chi connectivity index (χ3v) is 3.96. The molecule has 2 rings (SSSR count). The van der Waals surface area contributed by atoms with Crippen molar-refractivity contribution in [3.8, 4) is 10.7 Å². The summed E-state index contributed by atoms with van der Waals surface area (Å²) < 4.78 is 6.22. The molecule has 0 bridgehead atoms. The molecular formula is C11H14BrN3OS. The zero-order valence-corrected chi connectivity index (χ0v) is 12.1. The Morgan fingerprint density at radius 1 is 1.53 bits per heavy atom. The summed E-state index contributed by atoms with van der Waals surface area (Å²) in [5, 5.41) is 5.94. The monoisotopic (exact) mass is 315 g/mol. The van der Waals surface area contributed by atoms with Crippen LogP contribution in [0.4, 0.5) is 0 Å². The average molecular weight is 316 g/mol. The van der Waals surface area contributed by atoms with Gasteiger partial charge in [0.05, 0.1) is 10.9 Å². The van der Waals surface area contributed by atoms with Gasteiger partial charge in [0.1, 0.15) is 0 Å². The Kier molecular flexibility index (Phi) is 3.96. The van der Waals surface area contributed by atoms with E-state index in [9.17, 15) is 0 Å². The largest absolute Gasteiger partial charge is 0.337 e. The average Bonchev–Trinajstić information content (AvgIpc) is 2.84. The standard InChI is InChI=1S/C11H14BrN3OS/c1-6(2)3-8(13)11-14-10(15-16-11)9-4-7(12)5-17-9/h4-6,8H,3,13H2,1-2H3/t8-/m1/s1.